The van der Waals surface area contributed by atoms with E-state index in [2.05, 4.69) is 5.32 Å². The fourth-order valence-corrected chi connectivity index (χ4v) is 3.72. The number of amides is 1. The highest BCUT2D eigenvalue weighted by Crippen LogP contribution is 2.31. The largest absolute Gasteiger partial charge is 0.452 e. The number of hydrogen-bond acceptors (Lipinski definition) is 5. The summed E-state index contributed by atoms with van der Waals surface area (Å²) in [7, 11) is 0. The minimum Gasteiger partial charge on any atom is -0.452 e. The quantitative estimate of drug-likeness (QED) is 0.308. The summed E-state index contributed by atoms with van der Waals surface area (Å²) in [5, 5.41) is 2.55. The number of aromatic nitrogens is 2. The van der Waals surface area contributed by atoms with Crippen molar-refractivity contribution in [2.45, 2.75) is 0 Å². The Bertz CT molecular complexity index is 1540. The summed E-state index contributed by atoms with van der Waals surface area (Å²) in [5.74, 6) is -1.61. The third-order valence-corrected chi connectivity index (χ3v) is 5.46. The molecule has 5 aromatic rings. The van der Waals surface area contributed by atoms with Crippen LogP contribution in [0.4, 0.5) is 10.1 Å². The predicted octanol–water partition coefficient (Wildman–Crippen LogP) is 5.90. The summed E-state index contributed by atoms with van der Waals surface area (Å²) >= 11 is 0. The van der Waals surface area contributed by atoms with Crippen LogP contribution in [0.2, 0.25) is 0 Å². The number of benzene rings is 4. The van der Waals surface area contributed by atoms with Crippen LogP contribution >= 0.6 is 0 Å². The lowest BCUT2D eigenvalue weighted by Gasteiger charge is -2.11. The highest BCUT2D eigenvalue weighted by atomic mass is 19.1. The average Bonchev–Trinajstić information content (AvgIpc) is 2.93. The molecule has 0 fully saturated rings. The third kappa shape index (κ3) is 5.10. The van der Waals surface area contributed by atoms with E-state index in [-0.39, 0.29) is 5.56 Å². The maximum atomic E-state index is 13.0. The number of rotatable bonds is 6. The molecule has 0 saturated heterocycles. The highest BCUT2D eigenvalue weighted by molar-refractivity contribution is 5.97. The first-order chi connectivity index (χ1) is 17.6. The van der Waals surface area contributed by atoms with Crippen molar-refractivity contribution in [3.05, 3.63) is 115 Å². The molecular weight excluding hydrogens is 457 g/mol. The molecule has 176 valence electrons. The smallest absolute Gasteiger partial charge is 0.338 e. The first-order valence-corrected chi connectivity index (χ1v) is 11.2. The van der Waals surface area contributed by atoms with E-state index in [9.17, 15) is 14.0 Å². The van der Waals surface area contributed by atoms with E-state index in [1.54, 1.807) is 18.2 Å². The predicted molar refractivity (Wildman–Crippen MR) is 136 cm³/mol. The van der Waals surface area contributed by atoms with Crippen LogP contribution in [0.3, 0.4) is 0 Å². The third-order valence-electron chi connectivity index (χ3n) is 5.46. The van der Waals surface area contributed by atoms with Crippen LogP contribution in [0.15, 0.2) is 103 Å². The number of carbonyl (C=O) groups excluding carboxylic acids is 2. The zero-order valence-electron chi connectivity index (χ0n) is 19.0. The second kappa shape index (κ2) is 10.1. The van der Waals surface area contributed by atoms with Gasteiger partial charge in [0.1, 0.15) is 5.82 Å². The van der Waals surface area contributed by atoms with E-state index in [1.807, 2.05) is 60.7 Å². The van der Waals surface area contributed by atoms with Gasteiger partial charge in [0.2, 0.25) is 0 Å². The van der Waals surface area contributed by atoms with E-state index in [0.29, 0.717) is 22.4 Å². The Kier molecular flexibility index (Phi) is 6.44. The molecule has 5 rings (SSSR count). The van der Waals surface area contributed by atoms with Crippen molar-refractivity contribution in [2.24, 2.45) is 0 Å². The van der Waals surface area contributed by atoms with Crippen LogP contribution in [0, 0.1) is 5.82 Å². The minimum absolute atomic E-state index is 0.248. The summed E-state index contributed by atoms with van der Waals surface area (Å²) in [6.07, 6.45) is 0. The van der Waals surface area contributed by atoms with E-state index in [0.717, 1.165) is 16.8 Å². The Morgan fingerprint density at radius 3 is 1.92 bits per heavy atom. The fraction of sp³-hybridized carbons (Fsp3) is 0.0345. The lowest BCUT2D eigenvalue weighted by atomic mass is 10.0. The molecular formula is C29H20FN3O3. The van der Waals surface area contributed by atoms with Crippen LogP contribution in [-0.2, 0) is 9.53 Å². The molecule has 0 bridgehead atoms. The van der Waals surface area contributed by atoms with E-state index in [4.69, 9.17) is 14.7 Å². The Morgan fingerprint density at radius 1 is 0.722 bits per heavy atom. The van der Waals surface area contributed by atoms with Crippen LogP contribution in [0.5, 0.6) is 0 Å². The number of hydrogen-bond donors (Lipinski definition) is 1. The molecule has 7 heteroatoms. The number of anilines is 1. The molecule has 0 aliphatic rings. The second-order valence-corrected chi connectivity index (χ2v) is 7.99. The summed E-state index contributed by atoms with van der Waals surface area (Å²) in [6, 6.07) is 29.7. The molecule has 1 amide bonds. The summed E-state index contributed by atoms with van der Waals surface area (Å²) < 4.78 is 18.2. The Balaban J connectivity index is 1.40. The van der Waals surface area contributed by atoms with Gasteiger partial charge in [0.05, 0.1) is 28.0 Å². The van der Waals surface area contributed by atoms with Crippen molar-refractivity contribution in [1.29, 1.82) is 0 Å². The summed E-state index contributed by atoms with van der Waals surface area (Å²) in [4.78, 5) is 34.4. The molecule has 0 radical (unpaired) electrons. The van der Waals surface area contributed by atoms with Gasteiger partial charge in [-0.1, -0.05) is 60.7 Å². The Hall–Kier alpha value is -4.91. The van der Waals surface area contributed by atoms with Gasteiger partial charge in [-0.3, -0.25) is 4.79 Å². The van der Waals surface area contributed by atoms with Crippen molar-refractivity contribution in [3.8, 4) is 22.5 Å². The number of halogens is 1. The molecule has 0 aliphatic carbocycles. The molecule has 36 heavy (non-hydrogen) atoms. The first kappa shape index (κ1) is 22.9. The van der Waals surface area contributed by atoms with E-state index < -0.39 is 24.3 Å². The summed E-state index contributed by atoms with van der Waals surface area (Å²) in [5.41, 5.74) is 5.06. The van der Waals surface area contributed by atoms with Gasteiger partial charge < -0.3 is 10.1 Å². The topological polar surface area (TPSA) is 81.2 Å². The van der Waals surface area contributed by atoms with E-state index in [1.165, 1.54) is 24.3 Å². The van der Waals surface area contributed by atoms with Gasteiger partial charge >= 0.3 is 5.97 Å². The number of fused-ring (bicyclic) bond motifs is 1. The molecule has 0 unspecified atom stereocenters. The minimum atomic E-state index is -0.665. The highest BCUT2D eigenvalue weighted by Gasteiger charge is 2.16. The first-order valence-electron chi connectivity index (χ1n) is 11.2. The number of nitrogens with zero attached hydrogens (tertiary/aromatic N) is 2. The maximum absolute atomic E-state index is 13.0. The van der Waals surface area contributed by atoms with Gasteiger partial charge in [0.25, 0.3) is 5.91 Å². The lowest BCUT2D eigenvalue weighted by Crippen LogP contribution is -2.20. The standard InChI is InChI=1S/C29H20FN3O3/c30-22-12-14-23(15-13-22)31-26(34)18-36-29(35)21-11-16-24-25(17-21)33-28(20-9-5-2-6-10-20)27(32-24)19-7-3-1-4-8-19/h1-17H,18H2,(H,31,34). The Labute approximate surface area is 206 Å². The van der Waals surface area contributed by atoms with Gasteiger partial charge in [0, 0.05) is 16.8 Å². The van der Waals surface area contributed by atoms with Gasteiger partial charge in [-0.15, -0.1) is 0 Å². The monoisotopic (exact) mass is 477 g/mol. The molecule has 1 heterocycles. The average molecular weight is 477 g/mol. The van der Waals surface area contributed by atoms with Crippen LogP contribution in [0.1, 0.15) is 10.4 Å². The Morgan fingerprint density at radius 2 is 1.31 bits per heavy atom. The molecule has 0 aliphatic heterocycles. The zero-order valence-corrected chi connectivity index (χ0v) is 19.0. The van der Waals surface area contributed by atoms with Crippen molar-refractivity contribution < 1.29 is 18.7 Å². The van der Waals surface area contributed by atoms with Gasteiger partial charge in [-0.2, -0.15) is 0 Å². The molecule has 0 saturated carbocycles. The van der Waals surface area contributed by atoms with Crippen LogP contribution < -0.4 is 5.32 Å². The van der Waals surface area contributed by atoms with Crippen LogP contribution in [-0.4, -0.2) is 28.5 Å². The van der Waals surface area contributed by atoms with Gasteiger partial charge in [-0.25, -0.2) is 19.2 Å². The lowest BCUT2D eigenvalue weighted by molar-refractivity contribution is -0.119. The zero-order chi connectivity index (χ0) is 24.9. The van der Waals surface area contributed by atoms with Gasteiger partial charge in [-0.05, 0) is 42.5 Å². The van der Waals surface area contributed by atoms with Gasteiger partial charge in [0.15, 0.2) is 6.61 Å². The number of carbonyl (C=O) groups is 2. The second-order valence-electron chi connectivity index (χ2n) is 7.99. The van der Waals surface area contributed by atoms with Crippen molar-refractivity contribution in [3.63, 3.8) is 0 Å². The number of nitrogens with one attached hydrogen (secondary N) is 1. The van der Waals surface area contributed by atoms with Crippen molar-refractivity contribution in [2.75, 3.05) is 11.9 Å². The molecule has 6 nitrogen and oxygen atoms in total. The maximum Gasteiger partial charge on any atom is 0.338 e. The SMILES string of the molecule is O=C(COC(=O)c1ccc2nc(-c3ccccc3)c(-c3ccccc3)nc2c1)Nc1ccc(F)cc1. The summed E-state index contributed by atoms with van der Waals surface area (Å²) in [6.45, 7) is -0.484. The van der Waals surface area contributed by atoms with E-state index >= 15 is 0 Å². The molecule has 1 aromatic heterocycles. The normalized spacial score (nSPS) is 10.7. The molecule has 0 spiro atoms. The number of ether oxygens (including phenoxy) is 1. The molecule has 4 aromatic carbocycles. The fourth-order valence-electron chi connectivity index (χ4n) is 3.72. The number of esters is 1. The van der Waals surface area contributed by atoms with Crippen LogP contribution in [0.25, 0.3) is 33.5 Å². The van der Waals surface area contributed by atoms with Crippen molar-refractivity contribution in [1.82, 2.24) is 9.97 Å². The van der Waals surface area contributed by atoms with Crippen molar-refractivity contribution >= 4 is 28.6 Å². The molecule has 1 N–H and O–H groups in total. The molecule has 0 atom stereocenters.